The molecule has 1 aliphatic rings. The fourth-order valence-electron chi connectivity index (χ4n) is 2.20. The topological polar surface area (TPSA) is 52.6 Å². The highest BCUT2D eigenvalue weighted by Gasteiger charge is 2.23. The molecule has 2 rings (SSSR count). The van der Waals surface area contributed by atoms with Gasteiger partial charge in [-0.1, -0.05) is 6.07 Å². The normalized spacial score (nSPS) is 19.6. The van der Waals surface area contributed by atoms with Crippen molar-refractivity contribution in [2.24, 2.45) is 5.92 Å². The summed E-state index contributed by atoms with van der Waals surface area (Å²) in [6.45, 7) is 1.51. The molecular weight excluding hydrogens is 254 g/mol. The summed E-state index contributed by atoms with van der Waals surface area (Å²) in [6, 6.07) is 3.43. The lowest BCUT2D eigenvalue weighted by Crippen LogP contribution is -2.32. The lowest BCUT2D eigenvalue weighted by molar-refractivity contribution is -0.117. The number of hydrogen-bond acceptors (Lipinski definition) is 3. The summed E-state index contributed by atoms with van der Waals surface area (Å²) in [6.07, 6.45) is 0.831. The Morgan fingerprint density at radius 2 is 2.11 bits per heavy atom. The van der Waals surface area contributed by atoms with E-state index in [0.29, 0.717) is 13.1 Å². The van der Waals surface area contributed by atoms with E-state index in [1.54, 1.807) is 0 Å². The van der Waals surface area contributed by atoms with Crippen LogP contribution in [-0.2, 0) is 4.79 Å². The van der Waals surface area contributed by atoms with E-state index in [0.717, 1.165) is 18.6 Å². The number of carbonyl (C=O) groups excluding carboxylic acids is 1. The minimum Gasteiger partial charge on any atom is -0.396 e. The van der Waals surface area contributed by atoms with E-state index in [2.05, 4.69) is 5.32 Å². The van der Waals surface area contributed by atoms with Gasteiger partial charge in [0, 0.05) is 13.2 Å². The van der Waals surface area contributed by atoms with E-state index in [4.69, 9.17) is 5.11 Å². The number of halogens is 2. The third-order valence-corrected chi connectivity index (χ3v) is 3.22. The van der Waals surface area contributed by atoms with Crippen molar-refractivity contribution >= 4 is 11.6 Å². The number of benzene rings is 1. The first kappa shape index (κ1) is 13.9. The van der Waals surface area contributed by atoms with Crippen LogP contribution in [0.5, 0.6) is 0 Å². The Morgan fingerprint density at radius 1 is 1.42 bits per heavy atom. The Balaban J connectivity index is 1.91. The van der Waals surface area contributed by atoms with Gasteiger partial charge in [0.25, 0.3) is 0 Å². The lowest BCUT2D eigenvalue weighted by Gasteiger charge is -2.15. The van der Waals surface area contributed by atoms with Crippen LogP contribution in [-0.4, -0.2) is 42.2 Å². The standard InChI is InChI=1S/C13H16F2N2O2/c14-10-2-1-3-11(15)13(10)16-12(19)7-17-5-4-9(6-17)8-18/h1-3,9,18H,4-8H2,(H,16,19). The van der Waals surface area contributed by atoms with Gasteiger partial charge in [-0.2, -0.15) is 0 Å². The summed E-state index contributed by atoms with van der Waals surface area (Å²) in [5.41, 5.74) is -0.412. The molecule has 1 aliphatic heterocycles. The van der Waals surface area contributed by atoms with E-state index in [9.17, 15) is 13.6 Å². The maximum absolute atomic E-state index is 13.3. The number of anilines is 1. The molecule has 2 N–H and O–H groups in total. The van der Waals surface area contributed by atoms with Gasteiger partial charge in [0.1, 0.15) is 17.3 Å². The Kier molecular flexibility index (Phi) is 4.44. The maximum Gasteiger partial charge on any atom is 0.238 e. The summed E-state index contributed by atoms with van der Waals surface area (Å²) in [5.74, 6) is -1.85. The number of aliphatic hydroxyl groups excluding tert-OH is 1. The van der Waals surface area contributed by atoms with Crippen LogP contribution >= 0.6 is 0 Å². The smallest absolute Gasteiger partial charge is 0.238 e. The Hall–Kier alpha value is -1.53. The molecule has 1 heterocycles. The summed E-state index contributed by atoms with van der Waals surface area (Å²) in [4.78, 5) is 13.6. The predicted octanol–water partition coefficient (Wildman–Crippen LogP) is 1.22. The molecule has 104 valence electrons. The number of hydrogen-bond donors (Lipinski definition) is 2. The average Bonchev–Trinajstić information content (AvgIpc) is 2.81. The maximum atomic E-state index is 13.3. The SMILES string of the molecule is O=C(CN1CCC(CO)C1)Nc1c(F)cccc1F. The second-order valence-electron chi connectivity index (χ2n) is 4.72. The molecule has 0 saturated carbocycles. The van der Waals surface area contributed by atoms with E-state index in [1.165, 1.54) is 6.07 Å². The molecule has 0 aliphatic carbocycles. The van der Waals surface area contributed by atoms with Crippen molar-refractivity contribution in [3.05, 3.63) is 29.8 Å². The number of amides is 1. The summed E-state index contributed by atoms with van der Waals surface area (Å²) in [7, 11) is 0. The molecule has 1 atom stereocenters. The van der Waals surface area contributed by atoms with Crippen LogP contribution in [0.2, 0.25) is 0 Å². The molecule has 0 radical (unpaired) electrons. The van der Waals surface area contributed by atoms with E-state index in [-0.39, 0.29) is 19.1 Å². The molecule has 1 aromatic rings. The number of nitrogens with one attached hydrogen (secondary N) is 1. The molecule has 0 bridgehead atoms. The fourth-order valence-corrected chi connectivity index (χ4v) is 2.20. The van der Waals surface area contributed by atoms with Gasteiger partial charge in [-0.3, -0.25) is 9.69 Å². The third-order valence-electron chi connectivity index (χ3n) is 3.22. The van der Waals surface area contributed by atoms with Gasteiger partial charge >= 0.3 is 0 Å². The molecule has 1 aromatic carbocycles. The van der Waals surface area contributed by atoms with Crippen molar-refractivity contribution in [1.82, 2.24) is 4.90 Å². The number of rotatable bonds is 4. The molecule has 1 unspecified atom stereocenters. The first-order valence-electron chi connectivity index (χ1n) is 6.17. The monoisotopic (exact) mass is 270 g/mol. The molecule has 1 amide bonds. The quantitative estimate of drug-likeness (QED) is 0.865. The largest absolute Gasteiger partial charge is 0.396 e. The first-order chi connectivity index (χ1) is 9.10. The zero-order valence-corrected chi connectivity index (χ0v) is 10.4. The highest BCUT2D eigenvalue weighted by molar-refractivity contribution is 5.92. The Labute approximate surface area is 110 Å². The number of likely N-dealkylation sites (tertiary alicyclic amines) is 1. The van der Waals surface area contributed by atoms with E-state index < -0.39 is 23.2 Å². The van der Waals surface area contributed by atoms with Crippen molar-refractivity contribution in [3.63, 3.8) is 0 Å². The van der Waals surface area contributed by atoms with E-state index in [1.807, 2.05) is 4.90 Å². The Bertz CT molecular complexity index is 448. The summed E-state index contributed by atoms with van der Waals surface area (Å²) < 4.78 is 26.7. The van der Waals surface area contributed by atoms with Gasteiger partial charge < -0.3 is 10.4 Å². The minimum atomic E-state index is -0.789. The van der Waals surface area contributed by atoms with Crippen molar-refractivity contribution in [3.8, 4) is 0 Å². The molecule has 1 fully saturated rings. The van der Waals surface area contributed by atoms with Gasteiger partial charge in [0.2, 0.25) is 5.91 Å². The third kappa shape index (κ3) is 3.48. The van der Waals surface area contributed by atoms with Crippen LogP contribution in [0.1, 0.15) is 6.42 Å². The zero-order valence-electron chi connectivity index (χ0n) is 10.4. The van der Waals surface area contributed by atoms with Crippen LogP contribution in [0.25, 0.3) is 0 Å². The van der Waals surface area contributed by atoms with Crippen molar-refractivity contribution in [2.45, 2.75) is 6.42 Å². The van der Waals surface area contributed by atoms with Crippen LogP contribution in [0.4, 0.5) is 14.5 Å². The summed E-state index contributed by atoms with van der Waals surface area (Å²) in [5, 5.41) is 11.2. The van der Waals surface area contributed by atoms with Crippen LogP contribution < -0.4 is 5.32 Å². The molecule has 0 spiro atoms. The minimum absolute atomic E-state index is 0.0737. The molecule has 0 aromatic heterocycles. The van der Waals surface area contributed by atoms with Crippen molar-refractivity contribution < 1.29 is 18.7 Å². The highest BCUT2D eigenvalue weighted by Crippen LogP contribution is 2.19. The van der Waals surface area contributed by atoms with Crippen molar-refractivity contribution in [2.75, 3.05) is 31.6 Å². The van der Waals surface area contributed by atoms with Crippen LogP contribution in [0, 0.1) is 17.6 Å². The molecule has 6 heteroatoms. The zero-order chi connectivity index (χ0) is 13.8. The summed E-state index contributed by atoms with van der Waals surface area (Å²) >= 11 is 0. The van der Waals surface area contributed by atoms with Gasteiger partial charge in [0.15, 0.2) is 0 Å². The van der Waals surface area contributed by atoms with Gasteiger partial charge in [-0.15, -0.1) is 0 Å². The average molecular weight is 270 g/mol. The highest BCUT2D eigenvalue weighted by atomic mass is 19.1. The fraction of sp³-hybridized carbons (Fsp3) is 0.462. The van der Waals surface area contributed by atoms with Crippen molar-refractivity contribution in [1.29, 1.82) is 0 Å². The Morgan fingerprint density at radius 3 is 2.68 bits per heavy atom. The molecule has 19 heavy (non-hydrogen) atoms. The van der Waals surface area contributed by atoms with Crippen LogP contribution in [0.3, 0.4) is 0 Å². The first-order valence-corrected chi connectivity index (χ1v) is 6.17. The number of para-hydroxylation sites is 1. The second-order valence-corrected chi connectivity index (χ2v) is 4.72. The second kappa shape index (κ2) is 6.08. The van der Waals surface area contributed by atoms with Gasteiger partial charge in [-0.25, -0.2) is 8.78 Å². The number of aliphatic hydroxyl groups is 1. The lowest BCUT2D eigenvalue weighted by atomic mass is 10.1. The molecular formula is C13H16F2N2O2. The molecule has 4 nitrogen and oxygen atoms in total. The predicted molar refractivity (Wildman–Crippen MR) is 66.6 cm³/mol. The molecule has 1 saturated heterocycles. The van der Waals surface area contributed by atoms with E-state index >= 15 is 0 Å². The number of carbonyl (C=O) groups is 1. The van der Waals surface area contributed by atoms with Crippen LogP contribution in [0.15, 0.2) is 18.2 Å². The van der Waals surface area contributed by atoms with Gasteiger partial charge in [-0.05, 0) is 31.0 Å². The number of nitrogens with zero attached hydrogens (tertiary/aromatic N) is 1. The van der Waals surface area contributed by atoms with Gasteiger partial charge in [0.05, 0.1) is 6.54 Å².